The van der Waals surface area contributed by atoms with Crippen molar-refractivity contribution in [2.75, 3.05) is 6.61 Å². The molecule has 1 amide bonds. The Morgan fingerprint density at radius 1 is 1.45 bits per heavy atom. The zero-order valence-electron chi connectivity index (χ0n) is 11.0. The van der Waals surface area contributed by atoms with E-state index in [2.05, 4.69) is 21.2 Å². The van der Waals surface area contributed by atoms with Crippen molar-refractivity contribution in [1.29, 1.82) is 0 Å². The third-order valence-corrected chi connectivity index (χ3v) is 3.40. The first-order valence-electron chi connectivity index (χ1n) is 5.91. The molecule has 0 fully saturated rings. The Hall–Kier alpha value is -1.63. The largest absolute Gasteiger partial charge is 0.483 e. The van der Waals surface area contributed by atoms with Gasteiger partial charge in [0.15, 0.2) is 6.61 Å². The summed E-state index contributed by atoms with van der Waals surface area (Å²) < 4.78 is 18.5. The van der Waals surface area contributed by atoms with Crippen molar-refractivity contribution >= 4 is 27.8 Å². The average Bonchev–Trinajstić information content (AvgIpc) is 2.36. The number of halogens is 2. The van der Waals surface area contributed by atoms with Gasteiger partial charge in [-0.1, -0.05) is 0 Å². The van der Waals surface area contributed by atoms with Crippen molar-refractivity contribution < 1.29 is 23.8 Å². The molecule has 0 saturated heterocycles. The summed E-state index contributed by atoms with van der Waals surface area (Å²) in [4.78, 5) is 22.4. The summed E-state index contributed by atoms with van der Waals surface area (Å²) in [5.41, 5.74) is 0. The van der Waals surface area contributed by atoms with E-state index in [-0.39, 0.29) is 6.61 Å². The Morgan fingerprint density at radius 3 is 2.65 bits per heavy atom. The van der Waals surface area contributed by atoms with Crippen molar-refractivity contribution in [2.45, 2.75) is 19.9 Å². The van der Waals surface area contributed by atoms with Crippen molar-refractivity contribution in [1.82, 2.24) is 5.32 Å². The monoisotopic (exact) mass is 347 g/mol. The number of benzene rings is 1. The van der Waals surface area contributed by atoms with Gasteiger partial charge >= 0.3 is 5.97 Å². The van der Waals surface area contributed by atoms with E-state index < -0.39 is 29.7 Å². The van der Waals surface area contributed by atoms with E-state index in [1.807, 2.05) is 0 Å². The number of carboxylic acids is 1. The lowest BCUT2D eigenvalue weighted by Gasteiger charge is -2.18. The van der Waals surface area contributed by atoms with Crippen LogP contribution in [0.15, 0.2) is 22.7 Å². The molecule has 2 atom stereocenters. The number of hydrogen-bond donors (Lipinski definition) is 2. The summed E-state index contributed by atoms with van der Waals surface area (Å²) in [5.74, 6) is -2.21. The van der Waals surface area contributed by atoms with Crippen LogP contribution in [-0.4, -0.2) is 29.6 Å². The molecule has 0 heterocycles. The van der Waals surface area contributed by atoms with E-state index in [9.17, 15) is 14.0 Å². The molecule has 2 N–H and O–H groups in total. The van der Waals surface area contributed by atoms with Crippen LogP contribution in [0.4, 0.5) is 4.39 Å². The summed E-state index contributed by atoms with van der Waals surface area (Å²) in [6.07, 6.45) is 0. The van der Waals surface area contributed by atoms with Crippen LogP contribution in [0.2, 0.25) is 0 Å². The number of amides is 1. The van der Waals surface area contributed by atoms with Crippen LogP contribution >= 0.6 is 15.9 Å². The highest BCUT2D eigenvalue weighted by Crippen LogP contribution is 2.25. The van der Waals surface area contributed by atoms with Gasteiger partial charge in [0.2, 0.25) is 0 Å². The Labute approximate surface area is 124 Å². The number of ether oxygens (including phenoxy) is 1. The molecule has 1 aromatic carbocycles. The van der Waals surface area contributed by atoms with E-state index in [1.54, 1.807) is 6.92 Å². The number of carbonyl (C=O) groups excluding carboxylic acids is 1. The summed E-state index contributed by atoms with van der Waals surface area (Å²) in [6, 6.07) is 3.33. The number of hydrogen-bond acceptors (Lipinski definition) is 3. The molecular formula is C13H15BrFNO4. The predicted octanol–water partition coefficient (Wildman–Crippen LogP) is 2.19. The smallest absolute Gasteiger partial charge is 0.308 e. The van der Waals surface area contributed by atoms with E-state index in [0.717, 1.165) is 0 Å². The Balaban J connectivity index is 2.49. The number of carbonyl (C=O) groups is 2. The van der Waals surface area contributed by atoms with Gasteiger partial charge in [-0.05, 0) is 48.0 Å². The van der Waals surface area contributed by atoms with Gasteiger partial charge in [-0.3, -0.25) is 9.59 Å². The summed E-state index contributed by atoms with van der Waals surface area (Å²) in [7, 11) is 0. The molecule has 0 aromatic heterocycles. The second-order valence-electron chi connectivity index (χ2n) is 4.35. The Bertz CT molecular complexity index is 509. The highest BCUT2D eigenvalue weighted by Gasteiger charge is 2.21. The van der Waals surface area contributed by atoms with Gasteiger partial charge in [0, 0.05) is 6.04 Å². The van der Waals surface area contributed by atoms with E-state index >= 15 is 0 Å². The quantitative estimate of drug-likeness (QED) is 0.826. The van der Waals surface area contributed by atoms with Crippen LogP contribution in [-0.2, 0) is 9.59 Å². The predicted molar refractivity (Wildman–Crippen MR) is 74.0 cm³/mol. The average molecular weight is 348 g/mol. The topological polar surface area (TPSA) is 75.6 Å². The lowest BCUT2D eigenvalue weighted by atomic mass is 10.0. The molecule has 20 heavy (non-hydrogen) atoms. The zero-order valence-corrected chi connectivity index (χ0v) is 12.6. The highest BCUT2D eigenvalue weighted by molar-refractivity contribution is 9.10. The molecule has 1 aromatic rings. The molecular weight excluding hydrogens is 333 g/mol. The Morgan fingerprint density at radius 2 is 2.10 bits per heavy atom. The van der Waals surface area contributed by atoms with Crippen molar-refractivity contribution in [3.63, 3.8) is 0 Å². The SMILES string of the molecule is CC(NC(=O)COc1ccc(F)cc1Br)C(C)C(=O)O. The van der Waals surface area contributed by atoms with Gasteiger partial charge in [0.25, 0.3) is 5.91 Å². The summed E-state index contributed by atoms with van der Waals surface area (Å²) >= 11 is 3.12. The minimum absolute atomic E-state index is 0.277. The number of aliphatic carboxylic acids is 1. The maximum Gasteiger partial charge on any atom is 0.308 e. The molecule has 110 valence electrons. The fraction of sp³-hybridized carbons (Fsp3) is 0.385. The Kier molecular flexibility index (Phi) is 5.94. The second-order valence-corrected chi connectivity index (χ2v) is 5.20. The van der Waals surface area contributed by atoms with Gasteiger partial charge in [-0.25, -0.2) is 4.39 Å². The molecule has 0 saturated carbocycles. The molecule has 0 aliphatic heterocycles. The first kappa shape index (κ1) is 16.4. The molecule has 7 heteroatoms. The number of carboxylic acid groups (broad SMARTS) is 1. The van der Waals surface area contributed by atoms with Crippen LogP contribution in [0.5, 0.6) is 5.75 Å². The molecule has 0 bridgehead atoms. The molecule has 0 aliphatic rings. The van der Waals surface area contributed by atoms with Crippen molar-refractivity contribution in [3.05, 3.63) is 28.5 Å². The minimum Gasteiger partial charge on any atom is -0.483 e. The highest BCUT2D eigenvalue weighted by atomic mass is 79.9. The third kappa shape index (κ3) is 4.80. The van der Waals surface area contributed by atoms with Gasteiger partial charge < -0.3 is 15.2 Å². The maximum absolute atomic E-state index is 12.9. The van der Waals surface area contributed by atoms with Crippen LogP contribution in [0.25, 0.3) is 0 Å². The normalized spacial score (nSPS) is 13.4. The van der Waals surface area contributed by atoms with Crippen LogP contribution in [0.3, 0.4) is 0 Å². The van der Waals surface area contributed by atoms with E-state index in [0.29, 0.717) is 10.2 Å². The van der Waals surface area contributed by atoms with Gasteiger partial charge in [-0.2, -0.15) is 0 Å². The third-order valence-electron chi connectivity index (χ3n) is 2.78. The standard InChI is InChI=1S/C13H15BrFNO4/c1-7(13(18)19)8(2)16-12(17)6-20-11-4-3-9(15)5-10(11)14/h3-5,7-8H,6H2,1-2H3,(H,16,17)(H,18,19). The molecule has 0 spiro atoms. The molecule has 0 aliphatic carbocycles. The van der Waals surface area contributed by atoms with Crippen molar-refractivity contribution in [3.8, 4) is 5.75 Å². The lowest BCUT2D eigenvalue weighted by Crippen LogP contribution is -2.42. The zero-order chi connectivity index (χ0) is 15.3. The lowest BCUT2D eigenvalue weighted by molar-refractivity contribution is -0.142. The van der Waals surface area contributed by atoms with Gasteiger partial charge in [0.1, 0.15) is 11.6 Å². The van der Waals surface area contributed by atoms with Crippen LogP contribution in [0, 0.1) is 11.7 Å². The fourth-order valence-corrected chi connectivity index (χ4v) is 1.84. The first-order valence-corrected chi connectivity index (χ1v) is 6.70. The molecule has 5 nitrogen and oxygen atoms in total. The molecule has 1 rings (SSSR count). The summed E-state index contributed by atoms with van der Waals surface area (Å²) in [5, 5.41) is 11.3. The minimum atomic E-state index is -0.986. The van der Waals surface area contributed by atoms with E-state index in [1.165, 1.54) is 25.1 Å². The van der Waals surface area contributed by atoms with Crippen LogP contribution in [0.1, 0.15) is 13.8 Å². The summed E-state index contributed by atoms with van der Waals surface area (Å²) in [6.45, 7) is 2.83. The number of nitrogens with one attached hydrogen (secondary N) is 1. The van der Waals surface area contributed by atoms with Gasteiger partial charge in [-0.15, -0.1) is 0 Å². The van der Waals surface area contributed by atoms with E-state index in [4.69, 9.17) is 9.84 Å². The number of rotatable bonds is 6. The fourth-order valence-electron chi connectivity index (χ4n) is 1.37. The molecule has 0 radical (unpaired) electrons. The first-order chi connectivity index (χ1) is 9.31. The molecule has 2 unspecified atom stereocenters. The van der Waals surface area contributed by atoms with Gasteiger partial charge in [0.05, 0.1) is 10.4 Å². The second kappa shape index (κ2) is 7.23. The maximum atomic E-state index is 12.9. The van der Waals surface area contributed by atoms with Crippen LogP contribution < -0.4 is 10.1 Å². The van der Waals surface area contributed by atoms with Crippen molar-refractivity contribution in [2.24, 2.45) is 5.92 Å².